The van der Waals surface area contributed by atoms with E-state index in [2.05, 4.69) is 43.6 Å². The molecule has 0 amide bonds. The van der Waals surface area contributed by atoms with E-state index in [1.54, 1.807) is 0 Å². The summed E-state index contributed by atoms with van der Waals surface area (Å²) in [4.78, 5) is 43.1. The van der Waals surface area contributed by atoms with Gasteiger partial charge in [-0.25, -0.2) is 4.79 Å². The highest BCUT2D eigenvalue weighted by Gasteiger charge is 2.87. The topological polar surface area (TPSA) is 152 Å². The average molecular weight is 670 g/mol. The van der Waals surface area contributed by atoms with Gasteiger partial charge in [0.2, 0.25) is 0 Å². The largest absolute Gasteiger partial charge is 0.463 e. The molecule has 9 atom stereocenters. The van der Waals surface area contributed by atoms with E-state index in [0.717, 1.165) is 82.0 Å². The molecule has 6 aliphatic rings. The average Bonchev–Trinajstić information content (AvgIpc) is 3.81. The van der Waals surface area contributed by atoms with Crippen molar-refractivity contribution < 1.29 is 39.6 Å². The number of ketones is 2. The summed E-state index contributed by atoms with van der Waals surface area (Å²) >= 11 is 0. The molecule has 4 unspecified atom stereocenters. The van der Waals surface area contributed by atoms with E-state index in [9.17, 15) is 19.5 Å². The molecule has 0 spiro atoms. The highest BCUT2D eigenvalue weighted by molar-refractivity contribution is 6.23. The number of hydrogen-bond acceptors (Lipinski definition) is 7. The van der Waals surface area contributed by atoms with E-state index in [-0.39, 0.29) is 54.7 Å². The first kappa shape index (κ1) is 35.9. The number of quaternary nitrogens is 2. The maximum Gasteiger partial charge on any atom is 0.350 e. The predicted octanol–water partition coefficient (Wildman–Crippen LogP) is 2.85. The van der Waals surface area contributed by atoms with E-state index in [0.29, 0.717) is 24.7 Å². The zero-order valence-electron chi connectivity index (χ0n) is 29.9. The Balaban J connectivity index is 1.27. The van der Waals surface area contributed by atoms with Crippen molar-refractivity contribution in [3.63, 3.8) is 0 Å². The summed E-state index contributed by atoms with van der Waals surface area (Å²) in [6.45, 7) is 8.30. The quantitative estimate of drug-likeness (QED) is 0.108. The molecule has 268 valence electrons. The number of Topliss-reactive ketones (excluding diaryl/α,β-unsaturated/α-hetero) is 2. The smallest absolute Gasteiger partial charge is 0.350 e. The standard InChI is InChI=1S/C39H61N3O6/c1-4-26-13-14-32(41-5-2)27(19-26)24-47-36(46)39-35(45)31-12-8-7-11-30(31)34(44)38(39,48-39)22-28(23-43)25(3)21-37(16-9-6-10-17-37)29-15-18-42-33(40)20-29/h13-14,26-27,29-33,41-43H,4-12,15-24,40H2,1-3H3/p+2/t26-,27-,29?,30?,31?,32+,33?,38-,39-/m0/s1. The molecule has 9 heteroatoms. The molecule has 5 fully saturated rings. The summed E-state index contributed by atoms with van der Waals surface area (Å²) in [5.41, 5.74) is 4.87. The molecule has 2 aliphatic heterocycles. The van der Waals surface area contributed by atoms with Gasteiger partial charge in [0.05, 0.1) is 19.7 Å². The number of allylic oxidation sites excluding steroid dienone is 2. The van der Waals surface area contributed by atoms with Crippen molar-refractivity contribution in [3.8, 4) is 0 Å². The monoisotopic (exact) mass is 669 g/mol. The first-order chi connectivity index (χ1) is 23.1. The van der Waals surface area contributed by atoms with Gasteiger partial charge in [-0.2, -0.15) is 0 Å². The molecular formula is C39H63N3O6+2. The zero-order chi connectivity index (χ0) is 34.1. The van der Waals surface area contributed by atoms with Crippen LogP contribution in [-0.4, -0.2) is 72.4 Å². The Morgan fingerprint density at radius 2 is 1.75 bits per heavy atom. The minimum absolute atomic E-state index is 0.0720. The molecule has 3 saturated carbocycles. The first-order valence-corrected chi connectivity index (χ1v) is 19.5. The number of hydrogen-bond donors (Lipinski definition) is 4. The third-order valence-corrected chi connectivity index (χ3v) is 13.7. The molecule has 0 radical (unpaired) electrons. The van der Waals surface area contributed by atoms with Gasteiger partial charge in [-0.05, 0) is 87.7 Å². The number of carbonyl (C=O) groups excluding carboxylic acids is 3. The summed E-state index contributed by atoms with van der Waals surface area (Å²) in [5, 5.41) is 15.4. The van der Waals surface area contributed by atoms with Crippen molar-refractivity contribution in [2.75, 3.05) is 26.3 Å². The molecule has 0 bridgehead atoms. The Kier molecular flexibility index (Phi) is 11.0. The molecule has 2 heterocycles. The van der Waals surface area contributed by atoms with Crippen LogP contribution in [0.1, 0.15) is 117 Å². The summed E-state index contributed by atoms with van der Waals surface area (Å²) in [7, 11) is 0. The summed E-state index contributed by atoms with van der Waals surface area (Å²) in [5.74, 6) is -0.960. The highest BCUT2D eigenvalue weighted by Crippen LogP contribution is 2.62. The number of carbonyl (C=O) groups is 3. The van der Waals surface area contributed by atoms with Crippen LogP contribution in [0.5, 0.6) is 0 Å². The van der Waals surface area contributed by atoms with Gasteiger partial charge in [-0.15, -0.1) is 0 Å². The summed E-state index contributed by atoms with van der Waals surface area (Å²) < 4.78 is 12.4. The fourth-order valence-electron chi connectivity index (χ4n) is 10.9. The van der Waals surface area contributed by atoms with Crippen LogP contribution in [0, 0.1) is 35.0 Å². The minimum Gasteiger partial charge on any atom is -0.463 e. The Bertz CT molecular complexity index is 1270. The molecule has 2 saturated heterocycles. The minimum atomic E-state index is -1.91. The van der Waals surface area contributed by atoms with E-state index in [4.69, 9.17) is 15.2 Å². The molecule has 9 nitrogen and oxygen atoms in total. The number of aliphatic hydroxyl groups is 1. The number of nitrogens with two attached hydrogens (primary N) is 3. The van der Waals surface area contributed by atoms with E-state index >= 15 is 0 Å². The number of esters is 1. The number of rotatable bonds is 12. The number of ether oxygens (including phenoxy) is 2. The lowest BCUT2D eigenvalue weighted by Crippen LogP contribution is -2.95. The number of epoxide rings is 1. The number of fused-ring (bicyclic) bond motifs is 2. The van der Waals surface area contributed by atoms with Gasteiger partial charge in [-0.1, -0.05) is 50.7 Å². The third-order valence-electron chi connectivity index (χ3n) is 13.7. The maximum atomic E-state index is 14.5. The zero-order valence-corrected chi connectivity index (χ0v) is 29.9. The van der Waals surface area contributed by atoms with Gasteiger partial charge >= 0.3 is 5.97 Å². The van der Waals surface area contributed by atoms with E-state index < -0.39 is 29.0 Å². The normalized spacial score (nSPS) is 39.6. The van der Waals surface area contributed by atoms with Crippen LogP contribution in [0.4, 0.5) is 0 Å². The molecule has 0 aromatic heterocycles. The van der Waals surface area contributed by atoms with Gasteiger partial charge in [-0.3, -0.25) is 15.3 Å². The van der Waals surface area contributed by atoms with Crippen LogP contribution in [0.3, 0.4) is 0 Å². The van der Waals surface area contributed by atoms with Gasteiger partial charge in [0.15, 0.2) is 17.2 Å². The summed E-state index contributed by atoms with van der Waals surface area (Å²) in [6.07, 6.45) is 18.5. The van der Waals surface area contributed by atoms with Crippen molar-refractivity contribution in [1.82, 2.24) is 0 Å². The van der Waals surface area contributed by atoms with Crippen LogP contribution in [0.15, 0.2) is 23.3 Å². The molecule has 4 aliphatic carbocycles. The maximum absolute atomic E-state index is 14.5. The Morgan fingerprint density at radius 3 is 2.42 bits per heavy atom. The third kappa shape index (κ3) is 6.40. The van der Waals surface area contributed by atoms with Gasteiger partial charge < -0.3 is 25.2 Å². The lowest BCUT2D eigenvalue weighted by Gasteiger charge is -2.46. The molecule has 0 aromatic rings. The lowest BCUT2D eigenvalue weighted by molar-refractivity contribution is -0.700. The fourth-order valence-corrected chi connectivity index (χ4v) is 10.9. The lowest BCUT2D eigenvalue weighted by atomic mass is 9.59. The Labute approximate surface area is 287 Å². The number of aliphatic hydroxyl groups excluding tert-OH is 1. The number of piperidine rings is 1. The van der Waals surface area contributed by atoms with Crippen LogP contribution in [-0.2, 0) is 23.9 Å². The molecule has 6 rings (SSSR count). The number of likely N-dealkylation sites (N-methyl/N-ethyl adjacent to an activating group) is 1. The van der Waals surface area contributed by atoms with E-state index in [1.807, 2.05) is 0 Å². The Morgan fingerprint density at radius 1 is 1.02 bits per heavy atom. The second-order valence-electron chi connectivity index (χ2n) is 16.4. The fraction of sp³-hybridized carbons (Fsp3) is 0.821. The Hall–Kier alpha value is -1.91. The van der Waals surface area contributed by atoms with Crippen molar-refractivity contribution in [2.24, 2.45) is 40.7 Å². The molecule has 0 aromatic carbocycles. The van der Waals surface area contributed by atoms with Gasteiger partial charge in [0.25, 0.3) is 5.60 Å². The second-order valence-corrected chi connectivity index (χ2v) is 16.4. The predicted molar refractivity (Wildman–Crippen MR) is 182 cm³/mol. The van der Waals surface area contributed by atoms with Gasteiger partial charge in [0.1, 0.15) is 18.8 Å². The second kappa shape index (κ2) is 14.7. The molecule has 7 N–H and O–H groups in total. The van der Waals surface area contributed by atoms with Crippen LogP contribution in [0.25, 0.3) is 0 Å². The van der Waals surface area contributed by atoms with Crippen LogP contribution >= 0.6 is 0 Å². The molecule has 48 heavy (non-hydrogen) atoms. The van der Waals surface area contributed by atoms with Crippen molar-refractivity contribution in [3.05, 3.63) is 23.3 Å². The molecular weight excluding hydrogens is 606 g/mol. The van der Waals surface area contributed by atoms with E-state index in [1.165, 1.54) is 19.3 Å². The van der Waals surface area contributed by atoms with Gasteiger partial charge in [0, 0.05) is 37.0 Å². The van der Waals surface area contributed by atoms with Crippen molar-refractivity contribution in [2.45, 2.75) is 140 Å². The van der Waals surface area contributed by atoms with Crippen LogP contribution in [0.2, 0.25) is 0 Å². The first-order valence-electron chi connectivity index (χ1n) is 19.5. The van der Waals surface area contributed by atoms with Crippen LogP contribution < -0.4 is 16.4 Å². The summed E-state index contributed by atoms with van der Waals surface area (Å²) in [6, 6.07) is 0.203. The SMILES string of the molecule is CC[NH2+][C@@H]1C=C[C@H](CC)C[C@H]1COC(=O)[C@]12O[C@@]1(CC(CO)=C(C)CC1(C3CC[NH2+]C(N)C3)CCCCC1)C(=O)C1CCCCC1C2=O. The van der Waals surface area contributed by atoms with Crippen molar-refractivity contribution >= 4 is 17.5 Å². The highest BCUT2D eigenvalue weighted by atomic mass is 16.7. The van der Waals surface area contributed by atoms with Crippen molar-refractivity contribution in [1.29, 1.82) is 0 Å².